The summed E-state index contributed by atoms with van der Waals surface area (Å²) in [4.78, 5) is 31.6. The van der Waals surface area contributed by atoms with Crippen molar-refractivity contribution in [1.29, 1.82) is 0 Å². The first-order chi connectivity index (χ1) is 12.1. The van der Waals surface area contributed by atoms with Crippen molar-refractivity contribution in [3.8, 4) is 0 Å². The third kappa shape index (κ3) is 3.02. The lowest BCUT2D eigenvalue weighted by molar-refractivity contribution is -0.143. The summed E-state index contributed by atoms with van der Waals surface area (Å²) in [5.74, 6) is -0.240. The van der Waals surface area contributed by atoms with Crippen LogP contribution >= 0.6 is 0 Å². The Morgan fingerprint density at radius 3 is 2.24 bits per heavy atom. The quantitative estimate of drug-likeness (QED) is 0.623. The molecule has 4 rings (SSSR count). The third-order valence-corrected chi connectivity index (χ3v) is 5.80. The zero-order valence-corrected chi connectivity index (χ0v) is 14.7. The van der Waals surface area contributed by atoms with Gasteiger partial charge in [-0.1, -0.05) is 42.5 Å². The average molecular weight is 339 g/mol. The Kier molecular flexibility index (Phi) is 4.44. The van der Waals surface area contributed by atoms with E-state index in [1.54, 1.807) is 0 Å². The number of nitrogens with zero attached hydrogens (tertiary/aromatic N) is 3. The van der Waals surface area contributed by atoms with E-state index in [4.69, 9.17) is 0 Å². The minimum Gasteiger partial charge on any atom is -0.303 e. The molecule has 0 saturated carbocycles. The predicted octanol–water partition coefficient (Wildman–Crippen LogP) is 1.88. The molecule has 0 aromatic heterocycles. The number of likely N-dealkylation sites (N-methyl/N-ethyl adjacent to an activating group) is 1. The number of benzene rings is 1. The van der Waals surface area contributed by atoms with Crippen LogP contribution in [0.2, 0.25) is 0 Å². The van der Waals surface area contributed by atoms with Crippen molar-refractivity contribution in [3.05, 3.63) is 48.0 Å². The molecule has 3 aliphatic rings. The highest BCUT2D eigenvalue weighted by Gasteiger charge is 2.48. The van der Waals surface area contributed by atoms with Crippen molar-refractivity contribution in [2.24, 2.45) is 11.8 Å². The normalized spacial score (nSPS) is 30.8. The van der Waals surface area contributed by atoms with Crippen LogP contribution in [0.1, 0.15) is 24.4 Å². The molecule has 0 N–H and O–H groups in total. The van der Waals surface area contributed by atoms with Crippen molar-refractivity contribution < 1.29 is 9.59 Å². The minimum absolute atomic E-state index is 0.0186. The molecule has 0 unspecified atom stereocenters. The molecule has 2 saturated heterocycles. The fourth-order valence-corrected chi connectivity index (χ4v) is 4.31. The number of carbonyl (C=O) groups is 2. The van der Waals surface area contributed by atoms with E-state index in [9.17, 15) is 9.59 Å². The largest absolute Gasteiger partial charge is 0.303 e. The van der Waals surface area contributed by atoms with Crippen molar-refractivity contribution in [2.45, 2.75) is 18.9 Å². The number of hydrogen-bond donors (Lipinski definition) is 0. The van der Waals surface area contributed by atoms with Crippen LogP contribution in [0, 0.1) is 11.8 Å². The lowest BCUT2D eigenvalue weighted by Gasteiger charge is -2.41. The highest BCUT2D eigenvalue weighted by atomic mass is 16.2. The van der Waals surface area contributed by atoms with Crippen molar-refractivity contribution in [2.75, 3.05) is 33.4 Å². The van der Waals surface area contributed by atoms with E-state index < -0.39 is 0 Å². The number of hydrogen-bond acceptors (Lipinski definition) is 4. The van der Waals surface area contributed by atoms with Gasteiger partial charge in [-0.25, -0.2) is 0 Å². The SMILES string of the molecule is CN1CCN(CN2C(=O)[C@@H]3CC=CC[C@H]3C2=O)[C@@H](c2ccccc2)C1. The van der Waals surface area contributed by atoms with Crippen molar-refractivity contribution in [1.82, 2.24) is 14.7 Å². The second kappa shape index (κ2) is 6.73. The van der Waals surface area contributed by atoms with Gasteiger partial charge in [0.05, 0.1) is 18.5 Å². The van der Waals surface area contributed by atoms with Crippen LogP contribution in [-0.2, 0) is 9.59 Å². The van der Waals surface area contributed by atoms with E-state index in [-0.39, 0.29) is 29.7 Å². The standard InChI is InChI=1S/C20H25N3O2/c1-21-11-12-22(18(13-21)15-7-3-2-4-8-15)14-23-19(24)16-9-5-6-10-17(16)20(23)25/h2-8,16-18H,9-14H2,1H3/t16-,17-,18-/m1/s1. The molecule has 25 heavy (non-hydrogen) atoms. The van der Waals surface area contributed by atoms with Gasteiger partial charge in [-0.05, 0) is 25.5 Å². The van der Waals surface area contributed by atoms with Crippen LogP contribution in [0.25, 0.3) is 0 Å². The van der Waals surface area contributed by atoms with E-state index in [0.29, 0.717) is 19.5 Å². The molecule has 5 heteroatoms. The predicted molar refractivity (Wildman–Crippen MR) is 95.5 cm³/mol. The van der Waals surface area contributed by atoms with Gasteiger partial charge in [-0.15, -0.1) is 0 Å². The Labute approximate surface area is 148 Å². The van der Waals surface area contributed by atoms with E-state index in [1.165, 1.54) is 10.5 Å². The van der Waals surface area contributed by atoms with Crippen molar-refractivity contribution >= 4 is 11.8 Å². The van der Waals surface area contributed by atoms with Crippen LogP contribution in [0.4, 0.5) is 0 Å². The summed E-state index contributed by atoms with van der Waals surface area (Å²) in [5, 5.41) is 0. The van der Waals surface area contributed by atoms with Crippen LogP contribution in [0.5, 0.6) is 0 Å². The number of fused-ring (bicyclic) bond motifs is 1. The molecule has 2 amide bonds. The molecule has 2 aliphatic heterocycles. The number of imide groups is 1. The maximum absolute atomic E-state index is 12.8. The molecule has 2 fully saturated rings. The molecular formula is C20H25N3O2. The molecule has 0 spiro atoms. The van der Waals surface area contributed by atoms with Crippen LogP contribution in [0.15, 0.2) is 42.5 Å². The lowest BCUT2D eigenvalue weighted by Crippen LogP contribution is -2.51. The molecule has 0 radical (unpaired) electrons. The van der Waals surface area contributed by atoms with Crippen LogP contribution < -0.4 is 0 Å². The van der Waals surface area contributed by atoms with Gasteiger partial charge in [0.1, 0.15) is 0 Å². The number of piperazine rings is 1. The smallest absolute Gasteiger partial charge is 0.234 e. The first-order valence-corrected chi connectivity index (χ1v) is 9.13. The van der Waals surface area contributed by atoms with Gasteiger partial charge < -0.3 is 4.90 Å². The monoisotopic (exact) mass is 339 g/mol. The molecule has 1 aromatic rings. The molecular weight excluding hydrogens is 314 g/mol. The highest BCUT2D eigenvalue weighted by molar-refractivity contribution is 6.05. The second-order valence-electron chi connectivity index (χ2n) is 7.40. The summed E-state index contributed by atoms with van der Waals surface area (Å²) in [6.45, 7) is 3.14. The Hall–Kier alpha value is -1.98. The minimum atomic E-state index is -0.139. The van der Waals surface area contributed by atoms with Gasteiger partial charge in [-0.3, -0.25) is 19.4 Å². The average Bonchev–Trinajstić information content (AvgIpc) is 2.89. The van der Waals surface area contributed by atoms with Gasteiger partial charge in [0, 0.05) is 25.7 Å². The second-order valence-corrected chi connectivity index (χ2v) is 7.40. The van der Waals surface area contributed by atoms with E-state index in [1.807, 2.05) is 18.2 Å². The zero-order valence-electron chi connectivity index (χ0n) is 14.7. The molecule has 3 atom stereocenters. The summed E-state index contributed by atoms with van der Waals surface area (Å²) in [6.07, 6.45) is 5.49. The molecule has 2 heterocycles. The highest BCUT2D eigenvalue weighted by Crippen LogP contribution is 2.36. The number of rotatable bonds is 3. The third-order valence-electron chi connectivity index (χ3n) is 5.80. The number of amides is 2. The summed E-state index contributed by atoms with van der Waals surface area (Å²) in [7, 11) is 2.12. The van der Waals surface area contributed by atoms with Gasteiger partial charge in [-0.2, -0.15) is 0 Å². The van der Waals surface area contributed by atoms with E-state index >= 15 is 0 Å². The lowest BCUT2D eigenvalue weighted by atomic mass is 9.85. The Balaban J connectivity index is 1.54. The maximum Gasteiger partial charge on any atom is 0.234 e. The van der Waals surface area contributed by atoms with E-state index in [0.717, 1.165) is 19.6 Å². The van der Waals surface area contributed by atoms with Gasteiger partial charge in [0.15, 0.2) is 0 Å². The zero-order chi connectivity index (χ0) is 17.4. The maximum atomic E-state index is 12.8. The molecule has 5 nitrogen and oxygen atoms in total. The van der Waals surface area contributed by atoms with Crippen LogP contribution in [0.3, 0.4) is 0 Å². The summed E-state index contributed by atoms with van der Waals surface area (Å²) in [5.41, 5.74) is 1.24. The number of allylic oxidation sites excluding steroid dienone is 2. The van der Waals surface area contributed by atoms with Gasteiger partial charge in [0.25, 0.3) is 0 Å². The van der Waals surface area contributed by atoms with Gasteiger partial charge >= 0.3 is 0 Å². The molecule has 1 aromatic carbocycles. The van der Waals surface area contributed by atoms with E-state index in [2.05, 4.69) is 41.1 Å². The number of carbonyl (C=O) groups excluding carboxylic acids is 2. The summed E-state index contributed by atoms with van der Waals surface area (Å²) < 4.78 is 0. The molecule has 1 aliphatic carbocycles. The van der Waals surface area contributed by atoms with Crippen LogP contribution in [-0.4, -0.2) is 59.9 Å². The summed E-state index contributed by atoms with van der Waals surface area (Å²) >= 11 is 0. The van der Waals surface area contributed by atoms with Crippen molar-refractivity contribution in [3.63, 3.8) is 0 Å². The Bertz CT molecular complexity index is 661. The Morgan fingerprint density at radius 2 is 1.60 bits per heavy atom. The topological polar surface area (TPSA) is 43.9 Å². The molecule has 0 bridgehead atoms. The van der Waals surface area contributed by atoms with Gasteiger partial charge in [0.2, 0.25) is 11.8 Å². The first kappa shape index (κ1) is 16.5. The fourth-order valence-electron chi connectivity index (χ4n) is 4.31. The number of likely N-dealkylation sites (tertiary alicyclic amines) is 1. The molecule has 132 valence electrons. The first-order valence-electron chi connectivity index (χ1n) is 9.13. The fraction of sp³-hybridized carbons (Fsp3) is 0.500. The summed E-state index contributed by atoms with van der Waals surface area (Å²) in [6, 6.07) is 10.6. The Morgan fingerprint density at radius 1 is 0.960 bits per heavy atom.